The van der Waals surface area contributed by atoms with Crippen LogP contribution in [0.15, 0.2) is 11.4 Å². The predicted octanol–water partition coefficient (Wildman–Crippen LogP) is 1.13. The van der Waals surface area contributed by atoms with E-state index in [0.29, 0.717) is 12.6 Å². The predicted molar refractivity (Wildman–Crippen MR) is 82.3 cm³/mol. The Labute approximate surface area is 126 Å². The van der Waals surface area contributed by atoms with Crippen molar-refractivity contribution in [2.45, 2.75) is 31.8 Å². The third-order valence-corrected chi connectivity index (χ3v) is 6.50. The SMILES string of the molecule is O=C(CNC1CCS(=O)CC1)N1CCc2sccc2C1. The maximum Gasteiger partial charge on any atom is 0.236 e. The lowest BCUT2D eigenvalue weighted by Gasteiger charge is -2.29. The standard InChI is InChI=1S/C14H20N2O2S2/c17-14(9-15-12-3-7-20(18)8-4-12)16-5-1-13-11(10-16)2-6-19-13/h2,6,12,15H,1,3-5,7-10H2. The van der Waals surface area contributed by atoms with Crippen LogP contribution in [-0.2, 0) is 28.6 Å². The zero-order chi connectivity index (χ0) is 13.9. The molecule has 20 heavy (non-hydrogen) atoms. The van der Waals surface area contributed by atoms with E-state index in [1.807, 2.05) is 4.90 Å². The van der Waals surface area contributed by atoms with Gasteiger partial charge in [-0.2, -0.15) is 0 Å². The highest BCUT2D eigenvalue weighted by molar-refractivity contribution is 7.85. The van der Waals surface area contributed by atoms with E-state index in [0.717, 1.165) is 43.9 Å². The normalized spacial score (nSPS) is 26.3. The number of fused-ring (bicyclic) bond motifs is 1. The van der Waals surface area contributed by atoms with Crippen LogP contribution >= 0.6 is 11.3 Å². The number of amides is 1. The summed E-state index contributed by atoms with van der Waals surface area (Å²) in [6.07, 6.45) is 2.84. The lowest BCUT2D eigenvalue weighted by atomic mass is 10.1. The first-order chi connectivity index (χ1) is 9.72. The summed E-state index contributed by atoms with van der Waals surface area (Å²) >= 11 is 1.79. The molecule has 0 aromatic carbocycles. The van der Waals surface area contributed by atoms with Crippen LogP contribution < -0.4 is 5.32 Å². The molecule has 0 unspecified atom stereocenters. The van der Waals surface area contributed by atoms with Gasteiger partial charge in [-0.3, -0.25) is 9.00 Å². The molecule has 0 radical (unpaired) electrons. The van der Waals surface area contributed by atoms with Gasteiger partial charge in [0, 0.05) is 46.3 Å². The molecule has 1 amide bonds. The number of nitrogens with one attached hydrogen (secondary N) is 1. The lowest BCUT2D eigenvalue weighted by molar-refractivity contribution is -0.131. The van der Waals surface area contributed by atoms with Gasteiger partial charge in [0.1, 0.15) is 0 Å². The van der Waals surface area contributed by atoms with Crippen LogP contribution in [0.2, 0.25) is 0 Å². The Morgan fingerprint density at radius 2 is 2.25 bits per heavy atom. The Bertz CT molecular complexity index is 505. The summed E-state index contributed by atoms with van der Waals surface area (Å²) in [5.41, 5.74) is 1.31. The first-order valence-corrected chi connectivity index (χ1v) is 9.50. The highest BCUT2D eigenvalue weighted by Crippen LogP contribution is 2.23. The van der Waals surface area contributed by atoms with E-state index in [1.165, 1.54) is 10.4 Å². The summed E-state index contributed by atoms with van der Waals surface area (Å²) in [5.74, 6) is 1.73. The molecule has 3 rings (SSSR count). The van der Waals surface area contributed by atoms with Gasteiger partial charge < -0.3 is 10.2 Å². The van der Waals surface area contributed by atoms with Crippen LogP contribution in [0, 0.1) is 0 Å². The third kappa shape index (κ3) is 3.30. The van der Waals surface area contributed by atoms with E-state index in [9.17, 15) is 9.00 Å². The Kier molecular flexibility index (Phi) is 4.53. The Morgan fingerprint density at radius 1 is 1.45 bits per heavy atom. The van der Waals surface area contributed by atoms with Gasteiger partial charge in [-0.15, -0.1) is 11.3 Å². The Morgan fingerprint density at radius 3 is 3.05 bits per heavy atom. The Hall–Kier alpha value is -0.720. The topological polar surface area (TPSA) is 49.4 Å². The van der Waals surface area contributed by atoms with Crippen LogP contribution in [0.1, 0.15) is 23.3 Å². The summed E-state index contributed by atoms with van der Waals surface area (Å²) < 4.78 is 11.3. The smallest absolute Gasteiger partial charge is 0.236 e. The minimum atomic E-state index is -0.634. The van der Waals surface area contributed by atoms with Crippen molar-refractivity contribution in [3.8, 4) is 0 Å². The van der Waals surface area contributed by atoms with E-state index in [2.05, 4.69) is 16.8 Å². The molecule has 110 valence electrons. The molecule has 1 fully saturated rings. The largest absolute Gasteiger partial charge is 0.337 e. The van der Waals surface area contributed by atoms with E-state index in [4.69, 9.17) is 0 Å². The lowest BCUT2D eigenvalue weighted by Crippen LogP contribution is -2.45. The second-order valence-electron chi connectivity index (χ2n) is 5.44. The molecule has 1 N–H and O–H groups in total. The van der Waals surface area contributed by atoms with Gasteiger partial charge in [0.05, 0.1) is 6.54 Å². The highest BCUT2D eigenvalue weighted by Gasteiger charge is 2.23. The van der Waals surface area contributed by atoms with Crippen molar-refractivity contribution in [2.24, 2.45) is 0 Å². The average molecular weight is 312 g/mol. The number of carbonyl (C=O) groups excluding carboxylic acids is 1. The molecule has 0 bridgehead atoms. The van der Waals surface area contributed by atoms with Gasteiger partial charge in [-0.05, 0) is 36.3 Å². The number of nitrogens with zero attached hydrogens (tertiary/aromatic N) is 1. The van der Waals surface area contributed by atoms with Crippen LogP contribution in [0.4, 0.5) is 0 Å². The van der Waals surface area contributed by atoms with E-state index >= 15 is 0 Å². The van der Waals surface area contributed by atoms with Gasteiger partial charge >= 0.3 is 0 Å². The molecule has 3 heterocycles. The summed E-state index contributed by atoms with van der Waals surface area (Å²) in [4.78, 5) is 15.6. The van der Waals surface area contributed by atoms with Gasteiger partial charge in [-0.25, -0.2) is 0 Å². The van der Waals surface area contributed by atoms with Crippen LogP contribution in [-0.4, -0.2) is 45.7 Å². The van der Waals surface area contributed by atoms with E-state index in [1.54, 1.807) is 11.3 Å². The molecule has 2 aliphatic heterocycles. The van der Waals surface area contributed by atoms with Crippen molar-refractivity contribution in [2.75, 3.05) is 24.6 Å². The van der Waals surface area contributed by atoms with Gasteiger partial charge in [0.25, 0.3) is 0 Å². The molecule has 1 saturated heterocycles. The summed E-state index contributed by atoms with van der Waals surface area (Å²) in [5, 5.41) is 5.44. The van der Waals surface area contributed by atoms with Crippen molar-refractivity contribution in [1.82, 2.24) is 10.2 Å². The van der Waals surface area contributed by atoms with E-state index < -0.39 is 10.8 Å². The van der Waals surface area contributed by atoms with Gasteiger partial charge in [0.2, 0.25) is 5.91 Å². The molecule has 4 nitrogen and oxygen atoms in total. The minimum Gasteiger partial charge on any atom is -0.337 e. The second-order valence-corrected chi connectivity index (χ2v) is 8.13. The molecular formula is C14H20N2O2S2. The number of thiophene rings is 1. The number of rotatable bonds is 3. The van der Waals surface area contributed by atoms with Crippen LogP contribution in [0.3, 0.4) is 0 Å². The fourth-order valence-corrected chi connectivity index (χ4v) is 4.99. The quantitative estimate of drug-likeness (QED) is 0.910. The zero-order valence-corrected chi connectivity index (χ0v) is 13.1. The third-order valence-electron chi connectivity index (χ3n) is 4.09. The molecule has 0 aliphatic carbocycles. The molecule has 6 heteroatoms. The molecule has 1 aromatic heterocycles. The molecule has 0 spiro atoms. The minimum absolute atomic E-state index is 0.188. The van der Waals surface area contributed by atoms with Crippen molar-refractivity contribution in [3.05, 3.63) is 21.9 Å². The summed E-state index contributed by atoms with van der Waals surface area (Å²) in [6.45, 7) is 2.01. The number of hydrogen-bond acceptors (Lipinski definition) is 4. The van der Waals surface area contributed by atoms with E-state index in [-0.39, 0.29) is 5.91 Å². The average Bonchev–Trinajstić information content (AvgIpc) is 2.93. The summed E-state index contributed by atoms with van der Waals surface area (Å²) in [7, 11) is -0.634. The molecule has 0 saturated carbocycles. The second kappa shape index (κ2) is 6.37. The number of carbonyl (C=O) groups is 1. The fourth-order valence-electron chi connectivity index (χ4n) is 2.80. The molecule has 0 atom stereocenters. The zero-order valence-electron chi connectivity index (χ0n) is 11.5. The van der Waals surface area contributed by atoms with Crippen molar-refractivity contribution in [1.29, 1.82) is 0 Å². The first-order valence-electron chi connectivity index (χ1n) is 7.14. The van der Waals surface area contributed by atoms with Crippen LogP contribution in [0.25, 0.3) is 0 Å². The highest BCUT2D eigenvalue weighted by atomic mass is 32.2. The van der Waals surface area contributed by atoms with Crippen molar-refractivity contribution >= 4 is 28.0 Å². The maximum atomic E-state index is 12.2. The Balaban J connectivity index is 1.47. The molecule has 1 aromatic rings. The monoisotopic (exact) mass is 312 g/mol. The van der Waals surface area contributed by atoms with Crippen molar-refractivity contribution < 1.29 is 9.00 Å². The first kappa shape index (κ1) is 14.2. The van der Waals surface area contributed by atoms with Crippen molar-refractivity contribution in [3.63, 3.8) is 0 Å². The molecule has 2 aliphatic rings. The van der Waals surface area contributed by atoms with Crippen LogP contribution in [0.5, 0.6) is 0 Å². The number of hydrogen-bond donors (Lipinski definition) is 1. The van der Waals surface area contributed by atoms with Gasteiger partial charge in [0.15, 0.2) is 0 Å². The summed E-state index contributed by atoms with van der Waals surface area (Å²) in [6, 6.07) is 2.49. The molecular weight excluding hydrogens is 292 g/mol. The van der Waals surface area contributed by atoms with Gasteiger partial charge in [-0.1, -0.05) is 0 Å². The maximum absolute atomic E-state index is 12.2. The fraction of sp³-hybridized carbons (Fsp3) is 0.643.